The zero-order valence-corrected chi connectivity index (χ0v) is 18.2. The lowest BCUT2D eigenvalue weighted by Crippen LogP contribution is -2.25. The molecule has 0 radical (unpaired) electrons. The summed E-state index contributed by atoms with van der Waals surface area (Å²) in [5.41, 5.74) is 2.29. The fraction of sp³-hybridized carbons (Fsp3) is 0.250. The predicted molar refractivity (Wildman–Crippen MR) is 124 cm³/mol. The minimum absolute atomic E-state index is 0.0116. The fourth-order valence-electron chi connectivity index (χ4n) is 3.86. The molecule has 9 heteroatoms. The Hall–Kier alpha value is -3.82. The fourth-order valence-corrected chi connectivity index (χ4v) is 3.86. The van der Waals surface area contributed by atoms with Crippen LogP contribution in [0, 0.1) is 0 Å². The molecule has 2 N–H and O–H groups in total. The van der Waals surface area contributed by atoms with E-state index in [0.717, 1.165) is 24.4 Å². The van der Waals surface area contributed by atoms with E-state index in [9.17, 15) is 14.7 Å². The number of amides is 2. The molecule has 0 bridgehead atoms. The number of rotatable bonds is 7. The summed E-state index contributed by atoms with van der Waals surface area (Å²) in [5, 5.41) is 16.2. The molecule has 2 amide bonds. The first-order chi connectivity index (χ1) is 16.0. The molecule has 1 aliphatic rings. The van der Waals surface area contributed by atoms with Crippen LogP contribution >= 0.6 is 0 Å². The molecular weight excluding hydrogens is 422 g/mol. The second kappa shape index (κ2) is 10.2. The van der Waals surface area contributed by atoms with Gasteiger partial charge in [-0.05, 0) is 17.7 Å². The first-order valence-electron chi connectivity index (χ1n) is 10.6. The summed E-state index contributed by atoms with van der Waals surface area (Å²) in [6, 6.07) is 19.7. The van der Waals surface area contributed by atoms with Crippen molar-refractivity contribution in [3.63, 3.8) is 0 Å². The summed E-state index contributed by atoms with van der Waals surface area (Å²) in [5.74, 6) is -0.957. The first kappa shape index (κ1) is 22.4. The smallest absolute Gasteiger partial charge is 0.356 e. The Morgan fingerprint density at radius 3 is 2.52 bits per heavy atom. The van der Waals surface area contributed by atoms with Crippen molar-refractivity contribution in [1.29, 1.82) is 0 Å². The van der Waals surface area contributed by atoms with Crippen molar-refractivity contribution in [2.45, 2.75) is 5.92 Å². The van der Waals surface area contributed by atoms with Crippen LogP contribution in [-0.2, 0) is 4.74 Å². The van der Waals surface area contributed by atoms with E-state index >= 15 is 0 Å². The highest BCUT2D eigenvalue weighted by Crippen LogP contribution is 2.26. The molecule has 1 atom stereocenters. The summed E-state index contributed by atoms with van der Waals surface area (Å²) in [6.07, 6.45) is 0. The van der Waals surface area contributed by atoms with Gasteiger partial charge in [-0.2, -0.15) is 5.10 Å². The molecule has 1 saturated heterocycles. The van der Waals surface area contributed by atoms with Gasteiger partial charge in [-0.15, -0.1) is 0 Å². The van der Waals surface area contributed by atoms with Crippen molar-refractivity contribution < 1.29 is 19.4 Å². The van der Waals surface area contributed by atoms with Crippen molar-refractivity contribution in [3.05, 3.63) is 78.0 Å². The maximum absolute atomic E-state index is 12.9. The monoisotopic (exact) mass is 447 g/mol. The van der Waals surface area contributed by atoms with Gasteiger partial charge in [-0.25, -0.2) is 19.3 Å². The number of ether oxygens (including phenoxy) is 1. The van der Waals surface area contributed by atoms with E-state index in [0.29, 0.717) is 18.8 Å². The molecule has 0 saturated carbocycles. The Balaban J connectivity index is 1.60. The van der Waals surface area contributed by atoms with Crippen LogP contribution in [0.4, 0.5) is 10.6 Å². The van der Waals surface area contributed by atoms with Crippen molar-refractivity contribution in [3.8, 4) is 5.69 Å². The summed E-state index contributed by atoms with van der Waals surface area (Å²) >= 11 is 0. The van der Waals surface area contributed by atoms with Crippen molar-refractivity contribution in [1.82, 2.24) is 14.7 Å². The number of carbonyl (C=O) groups is 2. The minimum atomic E-state index is -1.18. The van der Waals surface area contributed by atoms with Gasteiger partial charge in [-0.3, -0.25) is 10.2 Å². The minimum Gasteiger partial charge on any atom is -0.476 e. The first-order valence-corrected chi connectivity index (χ1v) is 10.6. The number of hydrogen-bond donors (Lipinski definition) is 2. The van der Waals surface area contributed by atoms with Crippen LogP contribution in [0.25, 0.3) is 5.69 Å². The summed E-state index contributed by atoms with van der Waals surface area (Å²) in [7, 11) is 1.66. The van der Waals surface area contributed by atoms with Crippen LogP contribution in [0.2, 0.25) is 0 Å². The Kier molecular flexibility index (Phi) is 6.92. The number of methoxy groups -OCH3 is 1. The SMILES string of the molecule is COCCN1C/C(=N\C(=O)Nc2cc(C(=O)O)nn2-c2ccccc2)[C@H](c2ccccc2)C1. The van der Waals surface area contributed by atoms with Gasteiger partial charge < -0.3 is 9.84 Å². The number of nitrogens with one attached hydrogen (secondary N) is 1. The van der Waals surface area contributed by atoms with E-state index < -0.39 is 12.0 Å². The van der Waals surface area contributed by atoms with E-state index in [2.05, 4.69) is 20.3 Å². The summed E-state index contributed by atoms with van der Waals surface area (Å²) in [4.78, 5) is 30.9. The Bertz CT molecular complexity index is 1140. The lowest BCUT2D eigenvalue weighted by atomic mass is 9.97. The van der Waals surface area contributed by atoms with Gasteiger partial charge >= 0.3 is 12.0 Å². The summed E-state index contributed by atoms with van der Waals surface area (Å²) in [6.45, 7) is 2.62. The third-order valence-electron chi connectivity index (χ3n) is 5.45. The average molecular weight is 447 g/mol. The lowest BCUT2D eigenvalue weighted by Gasteiger charge is -2.14. The average Bonchev–Trinajstić information content (AvgIpc) is 3.43. The number of aliphatic imine (C=N–C) groups is 1. The van der Waals surface area contributed by atoms with Crippen LogP contribution in [0.1, 0.15) is 22.0 Å². The zero-order chi connectivity index (χ0) is 23.2. The second-order valence-electron chi connectivity index (χ2n) is 7.69. The van der Waals surface area contributed by atoms with Crippen LogP contribution < -0.4 is 5.32 Å². The van der Waals surface area contributed by atoms with Gasteiger partial charge in [0.15, 0.2) is 5.69 Å². The molecule has 170 valence electrons. The molecule has 0 unspecified atom stereocenters. The molecule has 9 nitrogen and oxygen atoms in total. The van der Waals surface area contributed by atoms with E-state index in [1.54, 1.807) is 31.4 Å². The van der Waals surface area contributed by atoms with Crippen LogP contribution in [0.3, 0.4) is 0 Å². The number of carboxylic acid groups (broad SMARTS) is 1. The molecule has 1 aromatic heterocycles. The van der Waals surface area contributed by atoms with E-state index in [1.165, 1.54) is 10.7 Å². The number of anilines is 1. The number of aromatic carboxylic acids is 1. The Morgan fingerprint density at radius 1 is 1.15 bits per heavy atom. The third-order valence-corrected chi connectivity index (χ3v) is 5.45. The molecule has 3 aromatic rings. The molecule has 1 aliphatic heterocycles. The predicted octanol–water partition coefficient (Wildman–Crippen LogP) is 3.29. The van der Waals surface area contributed by atoms with Gasteiger partial charge in [-0.1, -0.05) is 48.5 Å². The molecule has 1 fully saturated rings. The molecule has 33 heavy (non-hydrogen) atoms. The number of urea groups is 1. The van der Waals surface area contributed by atoms with Crippen LogP contribution in [-0.4, -0.2) is 70.8 Å². The molecular formula is C24H25N5O4. The highest BCUT2D eigenvalue weighted by Gasteiger charge is 2.30. The second-order valence-corrected chi connectivity index (χ2v) is 7.69. The standard InChI is InChI=1S/C24H25N5O4/c1-33-13-12-28-15-19(17-8-4-2-5-9-17)21(16-28)25-24(32)26-22-14-20(23(30)31)27-29(22)18-10-6-3-7-11-18/h2-11,14,19H,12-13,15-16H2,1H3,(H,26,32)(H,30,31)/b25-21+/t19-/m0/s1. The van der Waals surface area contributed by atoms with Gasteiger partial charge in [0.05, 0.1) is 12.3 Å². The van der Waals surface area contributed by atoms with Gasteiger partial charge in [0.2, 0.25) is 0 Å². The van der Waals surface area contributed by atoms with Crippen LogP contribution in [0.15, 0.2) is 71.7 Å². The number of para-hydroxylation sites is 1. The van der Waals surface area contributed by atoms with Crippen molar-refractivity contribution >= 4 is 23.5 Å². The molecule has 0 aliphatic carbocycles. The molecule has 2 aromatic carbocycles. The molecule has 2 heterocycles. The quantitative estimate of drug-likeness (QED) is 0.575. The van der Waals surface area contributed by atoms with Gasteiger partial charge in [0.25, 0.3) is 0 Å². The summed E-state index contributed by atoms with van der Waals surface area (Å²) < 4.78 is 6.58. The van der Waals surface area contributed by atoms with Gasteiger partial charge in [0, 0.05) is 44.4 Å². The van der Waals surface area contributed by atoms with E-state index in [-0.39, 0.29) is 17.4 Å². The van der Waals surface area contributed by atoms with Crippen molar-refractivity contribution in [2.24, 2.45) is 4.99 Å². The van der Waals surface area contributed by atoms with E-state index in [4.69, 9.17) is 4.74 Å². The Labute approximate surface area is 191 Å². The maximum atomic E-state index is 12.9. The largest absolute Gasteiger partial charge is 0.476 e. The third kappa shape index (κ3) is 5.33. The molecule has 0 spiro atoms. The zero-order valence-electron chi connectivity index (χ0n) is 18.2. The number of carbonyl (C=O) groups excluding carboxylic acids is 1. The highest BCUT2D eigenvalue weighted by atomic mass is 16.5. The number of carboxylic acids is 1. The number of hydrogen-bond acceptors (Lipinski definition) is 5. The number of benzene rings is 2. The topological polar surface area (TPSA) is 109 Å². The van der Waals surface area contributed by atoms with E-state index in [1.807, 2.05) is 36.4 Å². The lowest BCUT2D eigenvalue weighted by molar-refractivity contribution is 0.0690. The molecule has 4 rings (SSSR count). The number of nitrogens with zero attached hydrogens (tertiary/aromatic N) is 4. The Morgan fingerprint density at radius 2 is 1.85 bits per heavy atom. The number of likely N-dealkylation sites (tertiary alicyclic amines) is 1. The highest BCUT2D eigenvalue weighted by molar-refractivity contribution is 6.05. The van der Waals surface area contributed by atoms with Crippen LogP contribution in [0.5, 0.6) is 0 Å². The normalized spacial score (nSPS) is 17.4. The van der Waals surface area contributed by atoms with Gasteiger partial charge in [0.1, 0.15) is 5.82 Å². The number of aromatic nitrogens is 2. The maximum Gasteiger partial charge on any atom is 0.356 e. The van der Waals surface area contributed by atoms with Crippen molar-refractivity contribution in [2.75, 3.05) is 38.7 Å².